The van der Waals surface area contributed by atoms with Gasteiger partial charge in [0.15, 0.2) is 0 Å². The van der Waals surface area contributed by atoms with E-state index in [0.717, 1.165) is 35.1 Å². The maximum absolute atomic E-state index is 12.7. The van der Waals surface area contributed by atoms with Crippen LogP contribution in [0.3, 0.4) is 0 Å². The molecule has 0 spiro atoms. The number of carbonyl (C=O) groups excluding carboxylic acids is 1. The number of benzene rings is 3. The monoisotopic (exact) mass is 449 g/mol. The van der Waals surface area contributed by atoms with Gasteiger partial charge in [-0.3, -0.25) is 0 Å². The highest BCUT2D eigenvalue weighted by Gasteiger charge is 2.53. The molecule has 1 heterocycles. The van der Waals surface area contributed by atoms with Crippen LogP contribution in [0.4, 0.5) is 4.79 Å². The van der Waals surface area contributed by atoms with Crippen LogP contribution in [0, 0.1) is 5.92 Å². The first-order valence-electron chi connectivity index (χ1n) is 11.9. The van der Waals surface area contributed by atoms with Gasteiger partial charge in [0.25, 0.3) is 0 Å². The number of amides is 2. The zero-order valence-corrected chi connectivity index (χ0v) is 18.9. The van der Waals surface area contributed by atoms with Gasteiger partial charge < -0.3 is 10.6 Å². The molecule has 6 rings (SSSR count). The van der Waals surface area contributed by atoms with Crippen LogP contribution in [-0.2, 0) is 19.5 Å². The molecule has 0 bridgehead atoms. The highest BCUT2D eigenvalue weighted by atomic mass is 16.2. The predicted molar refractivity (Wildman–Crippen MR) is 131 cm³/mol. The number of urea groups is 1. The Morgan fingerprint density at radius 1 is 1.00 bits per heavy atom. The van der Waals surface area contributed by atoms with Gasteiger partial charge in [0.05, 0.1) is 6.54 Å². The minimum atomic E-state index is -0.0881. The average Bonchev–Trinajstić information content (AvgIpc) is 3.32. The van der Waals surface area contributed by atoms with Crippen LogP contribution in [-0.4, -0.2) is 26.8 Å². The molecule has 170 valence electrons. The highest BCUT2D eigenvalue weighted by Crippen LogP contribution is 2.54. The van der Waals surface area contributed by atoms with Gasteiger partial charge in [0, 0.05) is 18.5 Å². The second-order valence-corrected chi connectivity index (χ2v) is 9.23. The van der Waals surface area contributed by atoms with E-state index in [-0.39, 0.29) is 12.1 Å². The first-order chi connectivity index (χ1) is 16.8. The Balaban J connectivity index is 1.09. The molecule has 34 heavy (non-hydrogen) atoms. The van der Waals surface area contributed by atoms with Crippen molar-refractivity contribution in [1.29, 1.82) is 0 Å². The third-order valence-corrected chi connectivity index (χ3v) is 7.16. The van der Waals surface area contributed by atoms with Crippen LogP contribution in [0.2, 0.25) is 0 Å². The summed E-state index contributed by atoms with van der Waals surface area (Å²) in [5, 5.41) is 10.5. The molecule has 1 fully saturated rings. The molecular weight excluding hydrogens is 422 g/mol. The van der Waals surface area contributed by atoms with Gasteiger partial charge in [-0.05, 0) is 52.1 Å². The SMILES string of the molecule is O=C(NCc1ccccc1-c1ccc(Cn2cncn2)cc1)NC1C2CCc3ccccc3C21. The Hall–Kier alpha value is -3.93. The summed E-state index contributed by atoms with van der Waals surface area (Å²) >= 11 is 0. The van der Waals surface area contributed by atoms with Gasteiger partial charge in [-0.1, -0.05) is 72.8 Å². The zero-order valence-electron chi connectivity index (χ0n) is 18.9. The average molecular weight is 450 g/mol. The van der Waals surface area contributed by atoms with E-state index >= 15 is 0 Å². The molecule has 2 N–H and O–H groups in total. The summed E-state index contributed by atoms with van der Waals surface area (Å²) < 4.78 is 1.81. The molecule has 2 amide bonds. The van der Waals surface area contributed by atoms with E-state index in [4.69, 9.17) is 0 Å². The summed E-state index contributed by atoms with van der Waals surface area (Å²) in [4.78, 5) is 16.7. The van der Waals surface area contributed by atoms with Crippen molar-refractivity contribution in [2.24, 2.45) is 5.92 Å². The molecule has 3 atom stereocenters. The summed E-state index contributed by atoms with van der Waals surface area (Å²) in [5.74, 6) is 1.04. The van der Waals surface area contributed by atoms with E-state index in [1.54, 1.807) is 17.3 Å². The number of aryl methyl sites for hydroxylation is 1. The van der Waals surface area contributed by atoms with Crippen molar-refractivity contribution in [1.82, 2.24) is 25.4 Å². The lowest BCUT2D eigenvalue weighted by molar-refractivity contribution is 0.239. The number of hydrogen-bond donors (Lipinski definition) is 2. The van der Waals surface area contributed by atoms with Crippen LogP contribution < -0.4 is 10.6 Å². The third-order valence-electron chi connectivity index (χ3n) is 7.16. The van der Waals surface area contributed by atoms with Crippen LogP contribution in [0.1, 0.15) is 34.6 Å². The molecular formula is C28H27N5O. The van der Waals surface area contributed by atoms with Gasteiger partial charge in [0.2, 0.25) is 0 Å². The molecule has 2 aliphatic carbocycles. The number of nitrogens with one attached hydrogen (secondary N) is 2. The van der Waals surface area contributed by atoms with Gasteiger partial charge in [-0.15, -0.1) is 0 Å². The number of fused-ring (bicyclic) bond motifs is 3. The Bertz CT molecular complexity index is 1300. The van der Waals surface area contributed by atoms with E-state index in [0.29, 0.717) is 24.9 Å². The smallest absolute Gasteiger partial charge is 0.315 e. The minimum absolute atomic E-state index is 0.0881. The number of rotatable bonds is 6. The van der Waals surface area contributed by atoms with Crippen molar-refractivity contribution < 1.29 is 4.79 Å². The Labute approximate surface area is 199 Å². The largest absolute Gasteiger partial charge is 0.334 e. The zero-order chi connectivity index (χ0) is 22.9. The topological polar surface area (TPSA) is 71.8 Å². The Morgan fingerprint density at radius 2 is 1.82 bits per heavy atom. The molecule has 2 aliphatic rings. The molecule has 1 saturated carbocycles. The lowest BCUT2D eigenvalue weighted by atomic mass is 9.92. The Morgan fingerprint density at radius 3 is 2.68 bits per heavy atom. The summed E-state index contributed by atoms with van der Waals surface area (Å²) in [6.07, 6.45) is 5.53. The number of carbonyl (C=O) groups is 1. The fourth-order valence-electron chi connectivity index (χ4n) is 5.39. The van der Waals surface area contributed by atoms with E-state index in [2.05, 4.69) is 81.4 Å². The van der Waals surface area contributed by atoms with Crippen molar-refractivity contribution >= 4 is 6.03 Å². The first kappa shape index (κ1) is 20.7. The molecule has 4 aromatic rings. The highest BCUT2D eigenvalue weighted by molar-refractivity contribution is 5.76. The van der Waals surface area contributed by atoms with Gasteiger partial charge >= 0.3 is 6.03 Å². The normalized spacial score (nSPS) is 20.2. The third kappa shape index (κ3) is 4.07. The molecule has 1 aromatic heterocycles. The quantitative estimate of drug-likeness (QED) is 0.455. The fraction of sp³-hybridized carbons (Fsp3) is 0.250. The van der Waals surface area contributed by atoms with E-state index in [1.807, 2.05) is 12.1 Å². The molecule has 0 saturated heterocycles. The van der Waals surface area contributed by atoms with Gasteiger partial charge in [-0.2, -0.15) is 5.10 Å². The van der Waals surface area contributed by atoms with Crippen LogP contribution in [0.15, 0.2) is 85.5 Å². The fourth-order valence-corrected chi connectivity index (χ4v) is 5.39. The summed E-state index contributed by atoms with van der Waals surface area (Å²) in [5.41, 5.74) is 7.38. The van der Waals surface area contributed by atoms with Crippen molar-refractivity contribution in [2.45, 2.75) is 37.9 Å². The number of nitrogens with zero attached hydrogens (tertiary/aromatic N) is 3. The van der Waals surface area contributed by atoms with Crippen LogP contribution in [0.25, 0.3) is 11.1 Å². The van der Waals surface area contributed by atoms with E-state index < -0.39 is 0 Å². The maximum atomic E-state index is 12.7. The molecule has 0 aliphatic heterocycles. The molecule has 0 radical (unpaired) electrons. The van der Waals surface area contributed by atoms with E-state index in [9.17, 15) is 4.79 Å². The predicted octanol–water partition coefficient (Wildman–Crippen LogP) is 4.52. The van der Waals surface area contributed by atoms with E-state index in [1.165, 1.54) is 11.1 Å². The van der Waals surface area contributed by atoms with Crippen molar-refractivity contribution in [2.75, 3.05) is 0 Å². The lowest BCUT2D eigenvalue weighted by Crippen LogP contribution is -2.37. The molecule has 3 unspecified atom stereocenters. The summed E-state index contributed by atoms with van der Waals surface area (Å²) in [6, 6.07) is 25.5. The summed E-state index contributed by atoms with van der Waals surface area (Å²) in [7, 11) is 0. The molecule has 6 nitrogen and oxygen atoms in total. The standard InChI is InChI=1S/C28H27N5O/c34-28(32-27-25-14-13-20-5-1-4-8-24(20)26(25)27)30-15-22-6-2-3-7-23(22)21-11-9-19(10-12-21)16-33-18-29-17-31-33/h1-12,17-18,25-27H,13-16H2,(H2,30,32,34). The Kier molecular flexibility index (Phi) is 5.34. The second-order valence-electron chi connectivity index (χ2n) is 9.23. The number of hydrogen-bond acceptors (Lipinski definition) is 3. The van der Waals surface area contributed by atoms with Gasteiger partial charge in [0.1, 0.15) is 12.7 Å². The first-order valence-corrected chi connectivity index (χ1v) is 11.9. The van der Waals surface area contributed by atoms with Crippen LogP contribution in [0.5, 0.6) is 0 Å². The molecule has 3 aromatic carbocycles. The lowest BCUT2D eigenvalue weighted by Gasteiger charge is -2.13. The summed E-state index contributed by atoms with van der Waals surface area (Å²) in [6.45, 7) is 1.18. The maximum Gasteiger partial charge on any atom is 0.315 e. The van der Waals surface area contributed by atoms with Crippen molar-refractivity contribution in [3.05, 3.63) is 108 Å². The van der Waals surface area contributed by atoms with Gasteiger partial charge in [-0.25, -0.2) is 14.5 Å². The van der Waals surface area contributed by atoms with Crippen molar-refractivity contribution in [3.8, 4) is 11.1 Å². The minimum Gasteiger partial charge on any atom is -0.334 e. The number of aromatic nitrogens is 3. The van der Waals surface area contributed by atoms with Crippen molar-refractivity contribution in [3.63, 3.8) is 0 Å². The molecule has 6 heteroatoms. The second kappa shape index (κ2) is 8.78. The van der Waals surface area contributed by atoms with Crippen LogP contribution >= 0.6 is 0 Å².